The predicted octanol–water partition coefficient (Wildman–Crippen LogP) is 16.7. The van der Waals surface area contributed by atoms with Gasteiger partial charge >= 0.3 is 17.9 Å². The molecule has 348 valence electrons. The zero-order chi connectivity index (χ0) is 43.7. The van der Waals surface area contributed by atoms with Crippen LogP contribution in [0.2, 0.25) is 0 Å². The summed E-state index contributed by atoms with van der Waals surface area (Å²) < 4.78 is 16.6. The molecule has 0 amide bonds. The largest absolute Gasteiger partial charge is 0.462 e. The molecule has 0 bridgehead atoms. The maximum absolute atomic E-state index is 12.7. The fourth-order valence-electron chi connectivity index (χ4n) is 7.26. The molecule has 0 radical (unpaired) electrons. The average molecular weight is 841 g/mol. The van der Waals surface area contributed by atoms with Crippen molar-refractivity contribution in [2.24, 2.45) is 0 Å². The predicted molar refractivity (Wildman–Crippen MR) is 256 cm³/mol. The maximum Gasteiger partial charge on any atom is 0.309 e. The Morgan fingerprint density at radius 3 is 1.17 bits per heavy atom. The number of hydrogen-bond acceptors (Lipinski definition) is 6. The molecular weight excluding hydrogens is 745 g/mol. The molecule has 0 fully saturated rings. The molecule has 60 heavy (non-hydrogen) atoms. The van der Waals surface area contributed by atoms with Crippen LogP contribution >= 0.6 is 0 Å². The van der Waals surface area contributed by atoms with E-state index in [0.29, 0.717) is 12.8 Å². The average Bonchev–Trinajstić information content (AvgIpc) is 3.24. The lowest BCUT2D eigenvalue weighted by molar-refractivity contribution is -0.166. The van der Waals surface area contributed by atoms with Crippen LogP contribution in [0.3, 0.4) is 0 Å². The van der Waals surface area contributed by atoms with Gasteiger partial charge in [-0.3, -0.25) is 14.4 Å². The van der Waals surface area contributed by atoms with E-state index in [0.717, 1.165) is 70.6 Å². The van der Waals surface area contributed by atoms with E-state index in [-0.39, 0.29) is 31.6 Å². The highest BCUT2D eigenvalue weighted by atomic mass is 16.6. The Balaban J connectivity index is 4.32. The summed E-state index contributed by atoms with van der Waals surface area (Å²) in [7, 11) is 0. The molecular formula is C54H96O6. The van der Waals surface area contributed by atoms with Crippen molar-refractivity contribution in [1.29, 1.82) is 0 Å². The Bertz CT molecular complexity index is 1060. The number of carbonyl (C=O) groups excluding carboxylic acids is 3. The summed E-state index contributed by atoms with van der Waals surface area (Å²) >= 11 is 0. The fraction of sp³-hybridized carbons (Fsp3) is 0.796. The molecule has 0 aliphatic carbocycles. The standard InChI is InChI=1S/C54H96O6/c1-4-7-10-13-16-19-21-23-25-26-27-28-29-31-32-35-38-41-44-47-53(56)59-50-51(49-58-52(55)46-43-40-37-34-18-15-12-9-6-3)60-54(57)48-45-42-39-36-33-30-24-22-20-17-14-11-8-5-2/h9,12,18,30,33-34,40,43,51H,4-8,10-11,13-17,19-29,31-32,35-39,41-42,44-50H2,1-3H3/b12-9-,33-30-,34-18-,43-40-. The van der Waals surface area contributed by atoms with Crippen LogP contribution in [0.25, 0.3) is 0 Å². The Kier molecular flexibility index (Phi) is 46.9. The van der Waals surface area contributed by atoms with E-state index in [1.54, 1.807) is 6.08 Å². The second kappa shape index (κ2) is 49.0. The second-order valence-electron chi connectivity index (χ2n) is 17.1. The molecule has 0 spiro atoms. The van der Waals surface area contributed by atoms with Crippen molar-refractivity contribution < 1.29 is 28.6 Å². The summed E-state index contributed by atoms with van der Waals surface area (Å²) in [4.78, 5) is 37.8. The van der Waals surface area contributed by atoms with Gasteiger partial charge in [-0.2, -0.15) is 0 Å². The number of esters is 3. The third kappa shape index (κ3) is 46.4. The van der Waals surface area contributed by atoms with Gasteiger partial charge in [0.15, 0.2) is 6.10 Å². The Hall–Kier alpha value is -2.63. The molecule has 0 aromatic carbocycles. The molecule has 0 saturated carbocycles. The molecule has 1 unspecified atom stereocenters. The summed E-state index contributed by atoms with van der Waals surface area (Å²) in [5.41, 5.74) is 0. The summed E-state index contributed by atoms with van der Waals surface area (Å²) in [6, 6.07) is 0. The zero-order valence-electron chi connectivity index (χ0n) is 39.7. The molecule has 0 aromatic rings. The minimum absolute atomic E-state index is 0.104. The van der Waals surface area contributed by atoms with Crippen LogP contribution in [-0.2, 0) is 28.6 Å². The van der Waals surface area contributed by atoms with Crippen LogP contribution < -0.4 is 0 Å². The summed E-state index contributed by atoms with van der Waals surface area (Å²) in [5, 5.41) is 0. The van der Waals surface area contributed by atoms with Gasteiger partial charge < -0.3 is 14.2 Å². The number of ether oxygens (including phenoxy) is 3. The summed E-state index contributed by atoms with van der Waals surface area (Å²) in [5.74, 6) is -1.04. The topological polar surface area (TPSA) is 78.9 Å². The van der Waals surface area contributed by atoms with Gasteiger partial charge in [0, 0.05) is 12.8 Å². The van der Waals surface area contributed by atoms with Crippen molar-refractivity contribution in [2.45, 2.75) is 264 Å². The van der Waals surface area contributed by atoms with Gasteiger partial charge in [0.2, 0.25) is 0 Å². The zero-order valence-corrected chi connectivity index (χ0v) is 39.7. The Morgan fingerprint density at radius 2 is 0.717 bits per heavy atom. The van der Waals surface area contributed by atoms with Gasteiger partial charge in [-0.15, -0.1) is 0 Å². The number of hydrogen-bond donors (Lipinski definition) is 0. The number of unbranched alkanes of at least 4 members (excludes halogenated alkanes) is 28. The van der Waals surface area contributed by atoms with E-state index < -0.39 is 12.1 Å². The van der Waals surface area contributed by atoms with E-state index in [9.17, 15) is 14.4 Å². The first-order valence-corrected chi connectivity index (χ1v) is 25.6. The Morgan fingerprint density at radius 1 is 0.367 bits per heavy atom. The minimum Gasteiger partial charge on any atom is -0.462 e. The van der Waals surface area contributed by atoms with Crippen molar-refractivity contribution in [1.82, 2.24) is 0 Å². The number of rotatable bonds is 46. The van der Waals surface area contributed by atoms with Gasteiger partial charge in [0.25, 0.3) is 0 Å². The summed E-state index contributed by atoms with van der Waals surface area (Å²) in [6.45, 7) is 6.42. The molecule has 0 aliphatic heterocycles. The quantitative estimate of drug-likeness (QED) is 0.0263. The highest BCUT2D eigenvalue weighted by Crippen LogP contribution is 2.16. The van der Waals surface area contributed by atoms with E-state index in [1.165, 1.54) is 148 Å². The van der Waals surface area contributed by atoms with Crippen LogP contribution in [0.5, 0.6) is 0 Å². The molecule has 0 N–H and O–H groups in total. The van der Waals surface area contributed by atoms with Crippen molar-refractivity contribution >= 4 is 17.9 Å². The lowest BCUT2D eigenvalue weighted by Gasteiger charge is -2.18. The smallest absolute Gasteiger partial charge is 0.309 e. The van der Waals surface area contributed by atoms with Crippen LogP contribution in [0.15, 0.2) is 48.6 Å². The van der Waals surface area contributed by atoms with Gasteiger partial charge in [-0.1, -0.05) is 230 Å². The van der Waals surface area contributed by atoms with E-state index in [1.807, 2.05) is 6.08 Å². The second-order valence-corrected chi connectivity index (χ2v) is 17.1. The normalized spacial score (nSPS) is 12.4. The highest BCUT2D eigenvalue weighted by molar-refractivity contribution is 5.72. The maximum atomic E-state index is 12.7. The van der Waals surface area contributed by atoms with Crippen LogP contribution in [0.1, 0.15) is 258 Å². The van der Waals surface area contributed by atoms with Gasteiger partial charge in [-0.25, -0.2) is 0 Å². The van der Waals surface area contributed by atoms with E-state index >= 15 is 0 Å². The van der Waals surface area contributed by atoms with Crippen LogP contribution in [0, 0.1) is 0 Å². The fourth-order valence-corrected chi connectivity index (χ4v) is 7.26. The lowest BCUT2D eigenvalue weighted by Crippen LogP contribution is -2.30. The van der Waals surface area contributed by atoms with Crippen LogP contribution in [0.4, 0.5) is 0 Å². The first-order chi connectivity index (χ1) is 29.5. The van der Waals surface area contributed by atoms with Crippen molar-refractivity contribution in [2.75, 3.05) is 13.2 Å². The minimum atomic E-state index is -0.812. The van der Waals surface area contributed by atoms with E-state index in [2.05, 4.69) is 57.2 Å². The van der Waals surface area contributed by atoms with Gasteiger partial charge in [0.1, 0.15) is 13.2 Å². The number of allylic oxidation sites excluding steroid dienone is 7. The lowest BCUT2D eigenvalue weighted by atomic mass is 10.0. The van der Waals surface area contributed by atoms with Gasteiger partial charge in [-0.05, 0) is 57.8 Å². The van der Waals surface area contributed by atoms with Gasteiger partial charge in [0.05, 0.1) is 6.42 Å². The highest BCUT2D eigenvalue weighted by Gasteiger charge is 2.19. The molecule has 1 atom stereocenters. The summed E-state index contributed by atoms with van der Waals surface area (Å²) in [6.07, 6.45) is 58.6. The number of carbonyl (C=O) groups is 3. The Labute approximate surface area is 371 Å². The van der Waals surface area contributed by atoms with E-state index in [4.69, 9.17) is 14.2 Å². The SMILES string of the molecule is CC/C=C\C/C=C\C/C=C\CC(=O)OCC(COC(=O)CCCCCCCCCCCCCCCCCCCCC)OC(=O)CCCCC/C=C\CCCCCCCCC. The first kappa shape index (κ1) is 57.4. The molecule has 6 nitrogen and oxygen atoms in total. The monoisotopic (exact) mass is 841 g/mol. The third-order valence-corrected chi connectivity index (χ3v) is 11.1. The molecule has 0 aliphatic rings. The molecule has 0 rings (SSSR count). The molecule has 0 aromatic heterocycles. The van der Waals surface area contributed by atoms with Crippen molar-refractivity contribution in [3.63, 3.8) is 0 Å². The van der Waals surface area contributed by atoms with Crippen molar-refractivity contribution in [3.05, 3.63) is 48.6 Å². The third-order valence-electron chi connectivity index (χ3n) is 11.1. The molecule has 0 saturated heterocycles. The first-order valence-electron chi connectivity index (χ1n) is 25.6. The molecule has 6 heteroatoms. The van der Waals surface area contributed by atoms with Crippen molar-refractivity contribution in [3.8, 4) is 0 Å². The molecule has 0 heterocycles. The van der Waals surface area contributed by atoms with Crippen LogP contribution in [-0.4, -0.2) is 37.2 Å².